The van der Waals surface area contributed by atoms with E-state index in [-0.39, 0.29) is 18.1 Å². The number of benzene rings is 1. The summed E-state index contributed by atoms with van der Waals surface area (Å²) >= 11 is 0. The Morgan fingerprint density at radius 3 is 2.81 bits per heavy atom. The van der Waals surface area contributed by atoms with Gasteiger partial charge in [0.1, 0.15) is 6.04 Å². The summed E-state index contributed by atoms with van der Waals surface area (Å²) in [6.45, 7) is 0.355. The highest BCUT2D eigenvalue weighted by Gasteiger charge is 2.28. The largest absolute Gasteiger partial charge is 0.480 e. The number of carboxylic acids is 1. The molecule has 0 fully saturated rings. The monoisotopic (exact) mass is 244 g/mol. The number of aliphatic carboxylic acids is 1. The second kappa shape index (κ2) is 4.46. The minimum Gasteiger partial charge on any atom is -0.480 e. The number of fused-ring (bicyclic) bond motifs is 1. The Hall–Kier alpha value is -1.66. The summed E-state index contributed by atoms with van der Waals surface area (Å²) in [6.07, 6.45) is 0. The maximum atomic E-state index is 10.8. The molecule has 0 saturated carbocycles. The molecule has 0 amide bonds. The van der Waals surface area contributed by atoms with Crippen molar-refractivity contribution in [1.82, 2.24) is 5.32 Å². The second-order valence-corrected chi connectivity index (χ2v) is 3.29. The summed E-state index contributed by atoms with van der Waals surface area (Å²) in [7, 11) is 0. The molecule has 7 heteroatoms. The zero-order valence-corrected chi connectivity index (χ0v) is 8.86. The van der Waals surface area contributed by atoms with Crippen LogP contribution >= 0.6 is 12.4 Å². The first-order chi connectivity index (χ1) is 7.09. The number of nitrogens with zero attached hydrogens (tertiary/aromatic N) is 1. The van der Waals surface area contributed by atoms with E-state index in [1.807, 2.05) is 0 Å². The fourth-order valence-corrected chi connectivity index (χ4v) is 1.68. The molecule has 0 radical (unpaired) electrons. The average Bonchev–Trinajstić information content (AvgIpc) is 2.59. The van der Waals surface area contributed by atoms with E-state index in [4.69, 9.17) is 5.11 Å². The number of carboxylic acid groups (broad SMARTS) is 1. The summed E-state index contributed by atoms with van der Waals surface area (Å²) in [6, 6.07) is 3.47. The SMILES string of the molecule is Cl.O=C(O)C1NCc2cc([N+](=O)[O-])ccc21. The van der Waals surface area contributed by atoms with Gasteiger partial charge in [-0.2, -0.15) is 0 Å². The van der Waals surface area contributed by atoms with E-state index < -0.39 is 16.9 Å². The number of non-ortho nitro benzene ring substituents is 1. The minimum atomic E-state index is -0.970. The maximum Gasteiger partial charge on any atom is 0.325 e. The van der Waals surface area contributed by atoms with Crippen LogP contribution in [0.25, 0.3) is 0 Å². The standard InChI is InChI=1S/C9H8N2O4.ClH/c12-9(13)8-7-2-1-6(11(14)15)3-5(7)4-10-8;/h1-3,8,10H,4H2,(H,12,13);1H. The van der Waals surface area contributed by atoms with Crippen LogP contribution in [-0.4, -0.2) is 16.0 Å². The number of carbonyl (C=O) groups is 1. The molecule has 0 spiro atoms. The van der Waals surface area contributed by atoms with Crippen molar-refractivity contribution in [2.75, 3.05) is 0 Å². The molecule has 2 N–H and O–H groups in total. The fraction of sp³-hybridized carbons (Fsp3) is 0.222. The van der Waals surface area contributed by atoms with Crippen LogP contribution in [0.5, 0.6) is 0 Å². The van der Waals surface area contributed by atoms with Crippen molar-refractivity contribution < 1.29 is 14.8 Å². The zero-order valence-electron chi connectivity index (χ0n) is 8.04. The first-order valence-electron chi connectivity index (χ1n) is 4.33. The summed E-state index contributed by atoms with van der Waals surface area (Å²) in [5, 5.41) is 22.1. The molecule has 6 nitrogen and oxygen atoms in total. The first kappa shape index (κ1) is 12.4. The van der Waals surface area contributed by atoms with Gasteiger partial charge in [0.25, 0.3) is 5.69 Å². The lowest BCUT2D eigenvalue weighted by atomic mass is 10.0. The average molecular weight is 245 g/mol. The molecule has 0 bridgehead atoms. The third kappa shape index (κ3) is 1.98. The summed E-state index contributed by atoms with van der Waals surface area (Å²) in [5.74, 6) is -0.970. The highest BCUT2D eigenvalue weighted by atomic mass is 35.5. The molecule has 86 valence electrons. The third-order valence-corrected chi connectivity index (χ3v) is 2.39. The Balaban J connectivity index is 0.00000128. The van der Waals surface area contributed by atoms with E-state index in [0.717, 1.165) is 0 Å². The van der Waals surface area contributed by atoms with Crippen LogP contribution in [0.3, 0.4) is 0 Å². The number of hydrogen-bond donors (Lipinski definition) is 2. The van der Waals surface area contributed by atoms with Crippen molar-refractivity contribution in [2.24, 2.45) is 0 Å². The van der Waals surface area contributed by atoms with Gasteiger partial charge in [-0.05, 0) is 17.2 Å². The van der Waals surface area contributed by atoms with Gasteiger partial charge in [-0.3, -0.25) is 20.2 Å². The third-order valence-electron chi connectivity index (χ3n) is 2.39. The van der Waals surface area contributed by atoms with Crippen LogP contribution in [0, 0.1) is 10.1 Å². The highest BCUT2D eigenvalue weighted by Crippen LogP contribution is 2.28. The lowest BCUT2D eigenvalue weighted by molar-refractivity contribution is -0.384. The minimum absolute atomic E-state index is 0. The van der Waals surface area contributed by atoms with Gasteiger partial charge in [0.2, 0.25) is 0 Å². The molecular weight excluding hydrogens is 236 g/mol. The van der Waals surface area contributed by atoms with Gasteiger partial charge in [0.05, 0.1) is 4.92 Å². The quantitative estimate of drug-likeness (QED) is 0.603. The van der Waals surface area contributed by atoms with Crippen LogP contribution < -0.4 is 5.32 Å². The van der Waals surface area contributed by atoms with Gasteiger partial charge >= 0.3 is 5.97 Å². The molecule has 0 saturated heterocycles. The van der Waals surface area contributed by atoms with E-state index in [0.29, 0.717) is 17.7 Å². The molecule has 0 aromatic heterocycles. The molecule has 1 atom stereocenters. The molecular formula is C9H9ClN2O4. The van der Waals surface area contributed by atoms with Gasteiger partial charge in [0.15, 0.2) is 0 Å². The van der Waals surface area contributed by atoms with Crippen molar-refractivity contribution in [2.45, 2.75) is 12.6 Å². The van der Waals surface area contributed by atoms with E-state index in [9.17, 15) is 14.9 Å². The van der Waals surface area contributed by atoms with Crippen molar-refractivity contribution in [3.05, 3.63) is 39.4 Å². The van der Waals surface area contributed by atoms with Gasteiger partial charge in [-0.25, -0.2) is 0 Å². The Bertz CT molecular complexity index is 449. The lowest BCUT2D eigenvalue weighted by Gasteiger charge is -2.04. The maximum absolute atomic E-state index is 10.8. The van der Waals surface area contributed by atoms with Crippen molar-refractivity contribution >= 4 is 24.1 Å². The van der Waals surface area contributed by atoms with E-state index in [2.05, 4.69) is 5.32 Å². The Morgan fingerprint density at radius 1 is 1.56 bits per heavy atom. The molecule has 1 aliphatic rings. The molecule has 1 heterocycles. The summed E-state index contributed by atoms with van der Waals surface area (Å²) in [5.41, 5.74) is 1.27. The van der Waals surface area contributed by atoms with Crippen LogP contribution in [0.1, 0.15) is 17.2 Å². The van der Waals surface area contributed by atoms with Crippen molar-refractivity contribution in [3.8, 4) is 0 Å². The smallest absolute Gasteiger partial charge is 0.325 e. The Morgan fingerprint density at radius 2 is 2.25 bits per heavy atom. The van der Waals surface area contributed by atoms with Crippen LogP contribution in [0.4, 0.5) is 5.69 Å². The summed E-state index contributed by atoms with van der Waals surface area (Å²) in [4.78, 5) is 20.8. The fourth-order valence-electron chi connectivity index (χ4n) is 1.68. The predicted molar refractivity (Wildman–Crippen MR) is 57.6 cm³/mol. The molecule has 2 rings (SSSR count). The van der Waals surface area contributed by atoms with Gasteiger partial charge in [-0.15, -0.1) is 12.4 Å². The number of nitro benzene ring substituents is 1. The number of hydrogen-bond acceptors (Lipinski definition) is 4. The van der Waals surface area contributed by atoms with Gasteiger partial charge in [-0.1, -0.05) is 0 Å². The van der Waals surface area contributed by atoms with Gasteiger partial charge < -0.3 is 5.11 Å². The van der Waals surface area contributed by atoms with Crippen molar-refractivity contribution in [3.63, 3.8) is 0 Å². The molecule has 16 heavy (non-hydrogen) atoms. The second-order valence-electron chi connectivity index (χ2n) is 3.29. The normalized spacial score (nSPS) is 17.4. The van der Waals surface area contributed by atoms with Crippen molar-refractivity contribution in [1.29, 1.82) is 0 Å². The Labute approximate surface area is 96.8 Å². The van der Waals surface area contributed by atoms with E-state index in [1.54, 1.807) is 0 Å². The molecule has 1 aromatic rings. The van der Waals surface area contributed by atoms with E-state index in [1.165, 1.54) is 18.2 Å². The van der Waals surface area contributed by atoms with Crippen LogP contribution in [0.15, 0.2) is 18.2 Å². The van der Waals surface area contributed by atoms with Crippen LogP contribution in [0.2, 0.25) is 0 Å². The predicted octanol–water partition coefficient (Wildman–Crippen LogP) is 1.25. The van der Waals surface area contributed by atoms with Crippen LogP contribution in [-0.2, 0) is 11.3 Å². The molecule has 1 aromatic carbocycles. The first-order valence-corrected chi connectivity index (χ1v) is 4.33. The topological polar surface area (TPSA) is 92.5 Å². The zero-order chi connectivity index (χ0) is 11.0. The number of rotatable bonds is 2. The summed E-state index contributed by atoms with van der Waals surface area (Å²) < 4.78 is 0. The number of nitrogens with one attached hydrogen (secondary N) is 1. The number of nitro groups is 1. The Kier molecular flexibility index (Phi) is 3.46. The molecule has 0 aliphatic carbocycles. The highest BCUT2D eigenvalue weighted by molar-refractivity contribution is 5.85. The molecule has 1 aliphatic heterocycles. The van der Waals surface area contributed by atoms with E-state index >= 15 is 0 Å². The lowest BCUT2D eigenvalue weighted by Crippen LogP contribution is -2.21. The number of halogens is 1. The van der Waals surface area contributed by atoms with Gasteiger partial charge in [0, 0.05) is 18.7 Å². The molecule has 1 unspecified atom stereocenters.